The summed E-state index contributed by atoms with van der Waals surface area (Å²) in [6, 6.07) is 3.97. The smallest absolute Gasteiger partial charge is 0.160 e. The standard InChI is InChI=1S/C15H15F2N3/c16-12-4-3-10(7-13(12)17)20-14-5-6-18-8-11(14)15(19-20)9-1-2-9/h3-4,7,9,18H,1-2,5-6,8H2. The van der Waals surface area contributed by atoms with Crippen molar-refractivity contribution >= 4 is 0 Å². The van der Waals surface area contributed by atoms with Crippen LogP contribution in [0.15, 0.2) is 18.2 Å². The summed E-state index contributed by atoms with van der Waals surface area (Å²) in [5.74, 6) is -1.09. The third-order valence-electron chi connectivity index (χ3n) is 4.07. The molecular formula is C15H15F2N3. The molecule has 1 aromatic heterocycles. The predicted octanol–water partition coefficient (Wildman–Crippen LogP) is 2.67. The van der Waals surface area contributed by atoms with Crippen LogP contribution in [0.3, 0.4) is 0 Å². The molecule has 0 spiro atoms. The Morgan fingerprint density at radius 2 is 2.05 bits per heavy atom. The van der Waals surface area contributed by atoms with Crippen LogP contribution >= 0.6 is 0 Å². The number of aromatic nitrogens is 2. The van der Waals surface area contributed by atoms with E-state index in [1.807, 2.05) is 0 Å². The maximum Gasteiger partial charge on any atom is 0.160 e. The number of hydrogen-bond acceptors (Lipinski definition) is 2. The van der Waals surface area contributed by atoms with Gasteiger partial charge in [-0.1, -0.05) is 0 Å². The lowest BCUT2D eigenvalue weighted by molar-refractivity contribution is 0.507. The van der Waals surface area contributed by atoms with E-state index in [0.717, 1.165) is 37.0 Å². The lowest BCUT2D eigenvalue weighted by Gasteiger charge is -2.15. The van der Waals surface area contributed by atoms with Crippen molar-refractivity contribution in [2.75, 3.05) is 6.54 Å². The number of fused-ring (bicyclic) bond motifs is 1. The summed E-state index contributed by atoms with van der Waals surface area (Å²) in [6.07, 6.45) is 3.23. The molecule has 1 aliphatic carbocycles. The third kappa shape index (κ3) is 1.85. The van der Waals surface area contributed by atoms with Crippen LogP contribution in [0.1, 0.15) is 35.7 Å². The summed E-state index contributed by atoms with van der Waals surface area (Å²) < 4.78 is 28.3. The minimum absolute atomic E-state index is 0.551. The molecule has 0 unspecified atom stereocenters. The van der Waals surface area contributed by atoms with E-state index >= 15 is 0 Å². The van der Waals surface area contributed by atoms with E-state index in [4.69, 9.17) is 0 Å². The number of halogens is 2. The first-order valence-corrected chi connectivity index (χ1v) is 7.01. The second kappa shape index (κ2) is 4.38. The Balaban J connectivity index is 1.86. The molecule has 3 nitrogen and oxygen atoms in total. The van der Waals surface area contributed by atoms with Crippen molar-refractivity contribution in [1.29, 1.82) is 0 Å². The Morgan fingerprint density at radius 3 is 2.80 bits per heavy atom. The van der Waals surface area contributed by atoms with Crippen molar-refractivity contribution in [1.82, 2.24) is 15.1 Å². The molecule has 0 atom stereocenters. The first-order chi connectivity index (χ1) is 9.74. The molecule has 1 fully saturated rings. The van der Waals surface area contributed by atoms with Gasteiger partial charge in [0.25, 0.3) is 0 Å². The normalized spacial score (nSPS) is 18.1. The van der Waals surface area contributed by atoms with Gasteiger partial charge in [-0.3, -0.25) is 0 Å². The molecule has 2 heterocycles. The summed E-state index contributed by atoms with van der Waals surface area (Å²) in [5, 5.41) is 8.04. The summed E-state index contributed by atoms with van der Waals surface area (Å²) in [5.41, 5.74) is 4.13. The molecular weight excluding hydrogens is 260 g/mol. The molecule has 4 rings (SSSR count). The van der Waals surface area contributed by atoms with Crippen molar-refractivity contribution in [3.8, 4) is 5.69 Å². The van der Waals surface area contributed by atoms with Gasteiger partial charge in [0.05, 0.1) is 17.1 Å². The maximum absolute atomic E-state index is 13.4. The summed E-state index contributed by atoms with van der Waals surface area (Å²) in [6.45, 7) is 1.72. The van der Waals surface area contributed by atoms with Crippen molar-refractivity contribution in [3.05, 3.63) is 46.8 Å². The highest BCUT2D eigenvalue weighted by Crippen LogP contribution is 2.42. The lowest BCUT2D eigenvalue weighted by Crippen LogP contribution is -2.25. The van der Waals surface area contributed by atoms with Crippen LogP contribution in [-0.2, 0) is 13.0 Å². The molecule has 2 aromatic rings. The molecule has 5 heteroatoms. The average Bonchev–Trinajstić information content (AvgIpc) is 3.23. The van der Waals surface area contributed by atoms with E-state index in [1.54, 1.807) is 10.7 Å². The number of nitrogens with zero attached hydrogens (tertiary/aromatic N) is 2. The molecule has 0 saturated heterocycles. The first-order valence-electron chi connectivity index (χ1n) is 7.01. The zero-order valence-corrected chi connectivity index (χ0v) is 11.0. The molecule has 2 aliphatic rings. The first kappa shape index (κ1) is 12.0. The molecule has 0 radical (unpaired) electrons. The highest BCUT2D eigenvalue weighted by Gasteiger charge is 2.32. The SMILES string of the molecule is Fc1ccc(-n2nc(C3CC3)c3c2CCNC3)cc1F. The van der Waals surface area contributed by atoms with Gasteiger partial charge in [0, 0.05) is 37.1 Å². The number of nitrogens with one attached hydrogen (secondary N) is 1. The zero-order valence-electron chi connectivity index (χ0n) is 11.0. The van der Waals surface area contributed by atoms with E-state index in [-0.39, 0.29) is 0 Å². The maximum atomic E-state index is 13.4. The Morgan fingerprint density at radius 1 is 1.20 bits per heavy atom. The van der Waals surface area contributed by atoms with Crippen molar-refractivity contribution in [3.63, 3.8) is 0 Å². The quantitative estimate of drug-likeness (QED) is 0.913. The van der Waals surface area contributed by atoms with Crippen molar-refractivity contribution in [2.24, 2.45) is 0 Å². The molecule has 1 aliphatic heterocycles. The largest absolute Gasteiger partial charge is 0.312 e. The molecule has 20 heavy (non-hydrogen) atoms. The van der Waals surface area contributed by atoms with Gasteiger partial charge >= 0.3 is 0 Å². The Bertz CT molecular complexity index is 674. The van der Waals surface area contributed by atoms with Crippen LogP contribution in [0.25, 0.3) is 5.69 Å². The van der Waals surface area contributed by atoms with Crippen LogP contribution in [0, 0.1) is 11.6 Å². The molecule has 1 aromatic carbocycles. The van der Waals surface area contributed by atoms with E-state index < -0.39 is 11.6 Å². The van der Waals surface area contributed by atoms with E-state index in [1.165, 1.54) is 24.5 Å². The van der Waals surface area contributed by atoms with Crippen molar-refractivity contribution in [2.45, 2.75) is 31.7 Å². The molecule has 104 valence electrons. The predicted molar refractivity (Wildman–Crippen MR) is 70.9 cm³/mol. The van der Waals surface area contributed by atoms with Gasteiger partial charge in [-0.2, -0.15) is 5.10 Å². The Labute approximate surface area is 115 Å². The van der Waals surface area contributed by atoms with Crippen LogP contribution in [0.4, 0.5) is 8.78 Å². The average molecular weight is 275 g/mol. The minimum Gasteiger partial charge on any atom is -0.312 e. The van der Waals surface area contributed by atoms with Gasteiger partial charge in [0.15, 0.2) is 11.6 Å². The second-order valence-corrected chi connectivity index (χ2v) is 5.52. The van der Waals surface area contributed by atoms with Gasteiger partial charge < -0.3 is 5.32 Å². The summed E-state index contributed by atoms with van der Waals surface area (Å²) >= 11 is 0. The van der Waals surface area contributed by atoms with Crippen LogP contribution in [0.2, 0.25) is 0 Å². The third-order valence-corrected chi connectivity index (χ3v) is 4.07. The molecule has 0 amide bonds. The molecule has 1 N–H and O–H groups in total. The van der Waals surface area contributed by atoms with E-state index in [2.05, 4.69) is 10.4 Å². The Kier molecular flexibility index (Phi) is 2.63. The van der Waals surface area contributed by atoms with Crippen LogP contribution in [0.5, 0.6) is 0 Å². The second-order valence-electron chi connectivity index (χ2n) is 5.52. The highest BCUT2D eigenvalue weighted by molar-refractivity contribution is 5.41. The lowest BCUT2D eigenvalue weighted by atomic mass is 10.0. The van der Waals surface area contributed by atoms with Crippen LogP contribution in [-0.4, -0.2) is 16.3 Å². The van der Waals surface area contributed by atoms with Crippen LogP contribution < -0.4 is 5.32 Å². The Hall–Kier alpha value is -1.75. The minimum atomic E-state index is -0.825. The molecule has 1 saturated carbocycles. The van der Waals surface area contributed by atoms with E-state index in [0.29, 0.717) is 11.6 Å². The van der Waals surface area contributed by atoms with E-state index in [9.17, 15) is 8.78 Å². The fourth-order valence-electron chi connectivity index (χ4n) is 2.89. The summed E-state index contributed by atoms with van der Waals surface area (Å²) in [4.78, 5) is 0. The number of benzene rings is 1. The van der Waals surface area contributed by atoms with Crippen molar-refractivity contribution < 1.29 is 8.78 Å². The van der Waals surface area contributed by atoms with Gasteiger partial charge in [-0.05, 0) is 25.0 Å². The molecule has 0 bridgehead atoms. The zero-order chi connectivity index (χ0) is 13.7. The van der Waals surface area contributed by atoms with Gasteiger partial charge in [-0.25, -0.2) is 13.5 Å². The fraction of sp³-hybridized carbons (Fsp3) is 0.400. The number of hydrogen-bond donors (Lipinski definition) is 1. The number of rotatable bonds is 2. The van der Waals surface area contributed by atoms with Gasteiger partial charge in [0.1, 0.15) is 0 Å². The fourth-order valence-corrected chi connectivity index (χ4v) is 2.89. The van der Waals surface area contributed by atoms with Gasteiger partial charge in [0.2, 0.25) is 0 Å². The highest BCUT2D eigenvalue weighted by atomic mass is 19.2. The monoisotopic (exact) mass is 275 g/mol. The van der Waals surface area contributed by atoms with Gasteiger partial charge in [-0.15, -0.1) is 0 Å². The summed E-state index contributed by atoms with van der Waals surface area (Å²) in [7, 11) is 0. The topological polar surface area (TPSA) is 29.9 Å².